The Balaban J connectivity index is 1.76. The Morgan fingerprint density at radius 2 is 2.18 bits per heavy atom. The number of carbonyl (C=O) groups excluding carboxylic acids is 2. The van der Waals surface area contributed by atoms with Crippen molar-refractivity contribution in [1.29, 1.82) is 0 Å². The largest absolute Gasteiger partial charge is 0.469 e. The summed E-state index contributed by atoms with van der Waals surface area (Å²) in [5, 5.41) is 0. The van der Waals surface area contributed by atoms with Crippen molar-refractivity contribution < 1.29 is 14.3 Å². The van der Waals surface area contributed by atoms with Gasteiger partial charge in [-0.2, -0.15) is 0 Å². The van der Waals surface area contributed by atoms with Gasteiger partial charge >= 0.3 is 5.97 Å². The lowest BCUT2D eigenvalue weighted by atomic mass is 9.77. The highest BCUT2D eigenvalue weighted by atomic mass is 16.5. The molecule has 2 aliphatic heterocycles. The second-order valence-electron chi connectivity index (χ2n) is 5.51. The molecule has 4 atom stereocenters. The summed E-state index contributed by atoms with van der Waals surface area (Å²) in [4.78, 5) is 26.2. The SMILES string of the molecule is COC(=O)[C@@H]1CC[C@@H]2[C@@H](C1)C(=O)[C@H]1CCCN12. The van der Waals surface area contributed by atoms with Crippen LogP contribution in [0.3, 0.4) is 0 Å². The predicted octanol–water partition coefficient (Wildman–Crippen LogP) is 0.991. The Morgan fingerprint density at radius 1 is 1.35 bits per heavy atom. The molecule has 0 aromatic rings. The molecular weight excluding hydrogens is 218 g/mol. The first kappa shape index (κ1) is 11.2. The predicted molar refractivity (Wildman–Crippen MR) is 61.4 cm³/mol. The molecule has 3 rings (SSSR count). The smallest absolute Gasteiger partial charge is 0.308 e. The lowest BCUT2D eigenvalue weighted by molar-refractivity contribution is -0.147. The van der Waals surface area contributed by atoms with E-state index in [0.717, 1.165) is 32.2 Å². The highest BCUT2D eigenvalue weighted by Crippen LogP contribution is 2.43. The monoisotopic (exact) mass is 237 g/mol. The van der Waals surface area contributed by atoms with Crippen LogP contribution < -0.4 is 0 Å². The van der Waals surface area contributed by atoms with Gasteiger partial charge in [-0.3, -0.25) is 14.5 Å². The summed E-state index contributed by atoms with van der Waals surface area (Å²) in [5.41, 5.74) is 0. The summed E-state index contributed by atoms with van der Waals surface area (Å²) in [7, 11) is 1.43. The number of ketones is 1. The number of Topliss-reactive ketones (excluding diaryl/α,β-unsaturated/α-hetero) is 1. The van der Waals surface area contributed by atoms with Crippen molar-refractivity contribution in [2.24, 2.45) is 11.8 Å². The number of methoxy groups -OCH3 is 1. The first-order chi connectivity index (χ1) is 8.22. The molecule has 0 N–H and O–H groups in total. The number of fused-ring (bicyclic) bond motifs is 3. The van der Waals surface area contributed by atoms with Gasteiger partial charge < -0.3 is 4.74 Å². The van der Waals surface area contributed by atoms with Crippen molar-refractivity contribution in [3.8, 4) is 0 Å². The fourth-order valence-corrected chi connectivity index (χ4v) is 3.98. The average molecular weight is 237 g/mol. The maximum Gasteiger partial charge on any atom is 0.308 e. The Bertz CT molecular complexity index is 355. The lowest BCUT2D eigenvalue weighted by Gasteiger charge is -2.33. The van der Waals surface area contributed by atoms with Crippen LogP contribution in [0.4, 0.5) is 0 Å². The van der Waals surface area contributed by atoms with Gasteiger partial charge in [-0.25, -0.2) is 0 Å². The van der Waals surface area contributed by atoms with Gasteiger partial charge in [0, 0.05) is 12.0 Å². The molecule has 1 aliphatic carbocycles. The maximum absolute atomic E-state index is 12.3. The molecule has 17 heavy (non-hydrogen) atoms. The van der Waals surface area contributed by atoms with Crippen LogP contribution in [-0.2, 0) is 14.3 Å². The summed E-state index contributed by atoms with van der Waals surface area (Å²) in [6, 6.07) is 0.581. The van der Waals surface area contributed by atoms with Crippen LogP contribution >= 0.6 is 0 Å². The number of rotatable bonds is 1. The van der Waals surface area contributed by atoms with Crippen molar-refractivity contribution in [2.45, 2.75) is 44.2 Å². The van der Waals surface area contributed by atoms with E-state index in [1.165, 1.54) is 7.11 Å². The number of ether oxygens (including phenoxy) is 1. The number of nitrogens with zero attached hydrogens (tertiary/aromatic N) is 1. The van der Waals surface area contributed by atoms with Crippen molar-refractivity contribution in [3.05, 3.63) is 0 Å². The molecule has 2 saturated heterocycles. The summed E-state index contributed by atoms with van der Waals surface area (Å²) in [6.45, 7) is 1.07. The quantitative estimate of drug-likeness (QED) is 0.638. The van der Waals surface area contributed by atoms with Crippen LogP contribution in [0.15, 0.2) is 0 Å². The standard InChI is InChI=1S/C13H19NO3/c1-17-13(16)8-4-5-10-9(7-8)12(15)11-3-2-6-14(10)11/h8-11H,2-7H2,1H3/t8-,9-,10-,11-/m1/s1. The first-order valence-electron chi connectivity index (χ1n) is 6.59. The minimum atomic E-state index is -0.136. The fraction of sp³-hybridized carbons (Fsp3) is 0.846. The zero-order valence-corrected chi connectivity index (χ0v) is 10.2. The van der Waals surface area contributed by atoms with E-state index in [2.05, 4.69) is 4.90 Å². The van der Waals surface area contributed by atoms with Crippen LogP contribution in [0.1, 0.15) is 32.1 Å². The molecule has 0 aromatic carbocycles. The van der Waals surface area contributed by atoms with Gasteiger partial charge in [-0.1, -0.05) is 0 Å². The third kappa shape index (κ3) is 1.61. The lowest BCUT2D eigenvalue weighted by Crippen LogP contribution is -2.39. The first-order valence-corrected chi connectivity index (χ1v) is 6.59. The Hall–Kier alpha value is -0.900. The Kier molecular flexibility index (Phi) is 2.69. The van der Waals surface area contributed by atoms with E-state index in [4.69, 9.17) is 4.74 Å². The van der Waals surface area contributed by atoms with Gasteiger partial charge in [-0.15, -0.1) is 0 Å². The van der Waals surface area contributed by atoms with E-state index in [9.17, 15) is 9.59 Å². The van der Waals surface area contributed by atoms with E-state index in [1.54, 1.807) is 0 Å². The zero-order valence-electron chi connectivity index (χ0n) is 10.2. The Morgan fingerprint density at radius 3 is 2.94 bits per heavy atom. The van der Waals surface area contributed by atoms with E-state index < -0.39 is 0 Å². The molecule has 3 fully saturated rings. The molecule has 0 spiro atoms. The number of esters is 1. The van der Waals surface area contributed by atoms with Gasteiger partial charge in [0.25, 0.3) is 0 Å². The van der Waals surface area contributed by atoms with Crippen molar-refractivity contribution in [3.63, 3.8) is 0 Å². The molecule has 0 radical (unpaired) electrons. The van der Waals surface area contributed by atoms with Gasteiger partial charge in [0.15, 0.2) is 5.78 Å². The van der Waals surface area contributed by atoms with E-state index in [-0.39, 0.29) is 23.8 Å². The molecule has 0 amide bonds. The summed E-state index contributed by atoms with van der Waals surface area (Å²) in [5.74, 6) is 0.299. The van der Waals surface area contributed by atoms with Crippen LogP contribution in [0.25, 0.3) is 0 Å². The third-order valence-corrected chi connectivity index (χ3v) is 4.76. The van der Waals surface area contributed by atoms with Crippen molar-refractivity contribution >= 4 is 11.8 Å². The molecule has 0 aromatic heterocycles. The van der Waals surface area contributed by atoms with Crippen LogP contribution in [-0.4, -0.2) is 42.4 Å². The van der Waals surface area contributed by atoms with Crippen molar-refractivity contribution in [2.75, 3.05) is 13.7 Å². The normalized spacial score (nSPS) is 41.1. The number of hydrogen-bond donors (Lipinski definition) is 0. The molecule has 94 valence electrons. The topological polar surface area (TPSA) is 46.6 Å². The summed E-state index contributed by atoms with van der Waals surface area (Å²) in [6.07, 6.45) is 4.75. The second-order valence-corrected chi connectivity index (χ2v) is 5.51. The van der Waals surface area contributed by atoms with Gasteiger partial charge in [-0.05, 0) is 38.6 Å². The molecule has 0 unspecified atom stereocenters. The molecule has 0 bridgehead atoms. The summed E-state index contributed by atoms with van der Waals surface area (Å²) < 4.78 is 4.80. The van der Waals surface area contributed by atoms with E-state index in [0.29, 0.717) is 18.2 Å². The summed E-state index contributed by atoms with van der Waals surface area (Å²) >= 11 is 0. The van der Waals surface area contributed by atoms with Gasteiger partial charge in [0.05, 0.1) is 19.1 Å². The third-order valence-electron chi connectivity index (χ3n) is 4.76. The second kappa shape index (κ2) is 4.09. The van der Waals surface area contributed by atoms with Crippen LogP contribution in [0.5, 0.6) is 0 Å². The molecular formula is C13H19NO3. The van der Waals surface area contributed by atoms with Crippen LogP contribution in [0.2, 0.25) is 0 Å². The molecule has 2 heterocycles. The number of carbonyl (C=O) groups is 2. The average Bonchev–Trinajstić information content (AvgIpc) is 2.92. The molecule has 1 saturated carbocycles. The highest BCUT2D eigenvalue weighted by molar-refractivity contribution is 5.90. The fourth-order valence-electron chi connectivity index (χ4n) is 3.98. The molecule has 4 nitrogen and oxygen atoms in total. The minimum Gasteiger partial charge on any atom is -0.469 e. The van der Waals surface area contributed by atoms with Crippen LogP contribution in [0, 0.1) is 11.8 Å². The van der Waals surface area contributed by atoms with Crippen molar-refractivity contribution in [1.82, 2.24) is 4.90 Å². The highest BCUT2D eigenvalue weighted by Gasteiger charge is 2.52. The molecule has 3 aliphatic rings. The van der Waals surface area contributed by atoms with Gasteiger partial charge in [0.2, 0.25) is 0 Å². The Labute approximate surface area is 101 Å². The number of hydrogen-bond acceptors (Lipinski definition) is 4. The van der Waals surface area contributed by atoms with E-state index >= 15 is 0 Å². The van der Waals surface area contributed by atoms with Gasteiger partial charge in [0.1, 0.15) is 0 Å². The molecule has 4 heteroatoms. The zero-order chi connectivity index (χ0) is 12.0. The van der Waals surface area contributed by atoms with E-state index in [1.807, 2.05) is 0 Å². The maximum atomic E-state index is 12.3. The minimum absolute atomic E-state index is 0.0507.